The number of carbonyl (C=O) groups excluding carboxylic acids is 1. The van der Waals surface area contributed by atoms with Gasteiger partial charge in [-0.1, -0.05) is 37.3 Å². The molecule has 0 aliphatic rings. The molecule has 1 amide bonds. The largest absolute Gasteiger partial charge is 0.491 e. The van der Waals surface area contributed by atoms with E-state index in [1.54, 1.807) is 12.1 Å². The molecule has 0 bridgehead atoms. The molecule has 2 aromatic carbocycles. The molecule has 6 nitrogen and oxygen atoms in total. The van der Waals surface area contributed by atoms with Gasteiger partial charge in [0.2, 0.25) is 15.9 Å². The van der Waals surface area contributed by atoms with E-state index in [1.165, 1.54) is 4.31 Å². The molecule has 0 atom stereocenters. The van der Waals surface area contributed by atoms with Crippen molar-refractivity contribution in [2.45, 2.75) is 46.1 Å². The lowest BCUT2D eigenvalue weighted by molar-refractivity contribution is -0.119. The van der Waals surface area contributed by atoms with Gasteiger partial charge in [0, 0.05) is 6.54 Å². The molecule has 0 aliphatic heterocycles. The van der Waals surface area contributed by atoms with Gasteiger partial charge in [-0.05, 0) is 62.4 Å². The molecule has 0 saturated heterocycles. The minimum Gasteiger partial charge on any atom is -0.491 e. The van der Waals surface area contributed by atoms with Crippen molar-refractivity contribution in [3.05, 3.63) is 59.7 Å². The molecule has 1 N–H and O–H groups in total. The van der Waals surface area contributed by atoms with Crippen molar-refractivity contribution >= 4 is 21.6 Å². The smallest absolute Gasteiger partial charge is 0.240 e. The Kier molecular flexibility index (Phi) is 8.72. The van der Waals surface area contributed by atoms with Crippen LogP contribution in [0.15, 0.2) is 48.5 Å². The maximum atomic E-state index is 12.4. The normalized spacial score (nSPS) is 11.4. The first-order valence-corrected chi connectivity index (χ1v) is 12.1. The van der Waals surface area contributed by atoms with Gasteiger partial charge in [0.05, 0.1) is 18.0 Å². The summed E-state index contributed by atoms with van der Waals surface area (Å²) < 4.78 is 31.4. The van der Waals surface area contributed by atoms with Crippen LogP contribution in [0, 0.1) is 0 Å². The van der Waals surface area contributed by atoms with Crippen LogP contribution < -0.4 is 14.4 Å². The first kappa shape index (κ1) is 23.7. The highest BCUT2D eigenvalue weighted by atomic mass is 32.2. The molecule has 2 rings (SSSR count). The van der Waals surface area contributed by atoms with Gasteiger partial charge < -0.3 is 10.1 Å². The van der Waals surface area contributed by atoms with Crippen LogP contribution in [0.5, 0.6) is 5.75 Å². The van der Waals surface area contributed by atoms with Crippen molar-refractivity contribution in [2.75, 3.05) is 23.7 Å². The Morgan fingerprint density at radius 1 is 1.10 bits per heavy atom. The fourth-order valence-electron chi connectivity index (χ4n) is 3.15. The van der Waals surface area contributed by atoms with E-state index in [0.717, 1.165) is 36.0 Å². The van der Waals surface area contributed by atoms with Gasteiger partial charge in [0.1, 0.15) is 12.3 Å². The highest BCUT2D eigenvalue weighted by Gasteiger charge is 2.22. The van der Waals surface area contributed by atoms with Crippen LogP contribution in [-0.2, 0) is 27.7 Å². The van der Waals surface area contributed by atoms with E-state index in [4.69, 9.17) is 4.74 Å². The van der Waals surface area contributed by atoms with Gasteiger partial charge in [-0.25, -0.2) is 8.42 Å². The van der Waals surface area contributed by atoms with E-state index >= 15 is 0 Å². The third-order valence-electron chi connectivity index (χ3n) is 4.59. The van der Waals surface area contributed by atoms with Crippen LogP contribution in [0.2, 0.25) is 0 Å². The highest BCUT2D eigenvalue weighted by Crippen LogP contribution is 2.23. The fourth-order valence-corrected chi connectivity index (χ4v) is 4.03. The number of ether oxygens (including phenoxy) is 1. The molecular formula is C23H32N2O4S. The lowest BCUT2D eigenvalue weighted by atomic mass is 10.1. The van der Waals surface area contributed by atoms with Crippen molar-refractivity contribution in [2.24, 2.45) is 0 Å². The number of sulfonamides is 1. The average Bonchev–Trinajstić information content (AvgIpc) is 2.69. The third kappa shape index (κ3) is 7.37. The second-order valence-corrected chi connectivity index (χ2v) is 9.42. The van der Waals surface area contributed by atoms with Gasteiger partial charge in [-0.2, -0.15) is 0 Å². The number of para-hydroxylation sites is 1. The maximum Gasteiger partial charge on any atom is 0.240 e. The van der Waals surface area contributed by atoms with Gasteiger partial charge in [0.25, 0.3) is 0 Å². The average molecular weight is 433 g/mol. The van der Waals surface area contributed by atoms with Crippen LogP contribution in [0.4, 0.5) is 5.69 Å². The third-order valence-corrected chi connectivity index (χ3v) is 5.71. The van der Waals surface area contributed by atoms with Gasteiger partial charge in [0.15, 0.2) is 0 Å². The number of rotatable bonds is 11. The summed E-state index contributed by atoms with van der Waals surface area (Å²) >= 11 is 0. The predicted octanol–water partition coefficient (Wildman–Crippen LogP) is 3.55. The van der Waals surface area contributed by atoms with Gasteiger partial charge in [-0.15, -0.1) is 0 Å². The summed E-state index contributed by atoms with van der Waals surface area (Å²) in [5.74, 6) is 0.530. The van der Waals surface area contributed by atoms with Crippen LogP contribution in [0.3, 0.4) is 0 Å². The summed E-state index contributed by atoms with van der Waals surface area (Å²) in [6.07, 6.45) is 3.53. The van der Waals surface area contributed by atoms with Crippen LogP contribution in [0.1, 0.15) is 38.3 Å². The first-order valence-electron chi connectivity index (χ1n) is 10.3. The Hall–Kier alpha value is -2.54. The zero-order valence-corrected chi connectivity index (χ0v) is 19.0. The number of nitrogens with zero attached hydrogens (tertiary/aromatic N) is 1. The summed E-state index contributed by atoms with van der Waals surface area (Å²) in [6, 6.07) is 15.2. The zero-order valence-electron chi connectivity index (χ0n) is 18.2. The SMILES string of the molecule is CCc1ccccc1N(CC(=O)NCCCc1ccc(OC(C)C)cc1)S(C)(=O)=O. The fraction of sp³-hybridized carbons (Fsp3) is 0.435. The standard InChI is InChI=1S/C23H32N2O4S/c1-5-20-10-6-7-11-22(20)25(30(4,27)28)17-23(26)24-16-8-9-19-12-14-21(15-13-19)29-18(2)3/h6-7,10-15,18H,5,8-9,16-17H2,1-4H3,(H,24,26). The number of benzene rings is 2. The molecule has 2 aromatic rings. The second-order valence-electron chi connectivity index (χ2n) is 7.52. The number of anilines is 1. The molecule has 0 aromatic heterocycles. The van der Waals surface area contributed by atoms with Crippen molar-refractivity contribution in [3.63, 3.8) is 0 Å². The van der Waals surface area contributed by atoms with Crippen LogP contribution in [0.25, 0.3) is 0 Å². The van der Waals surface area contributed by atoms with Crippen LogP contribution in [-0.4, -0.2) is 39.8 Å². The van der Waals surface area contributed by atoms with Gasteiger partial charge >= 0.3 is 0 Å². The quantitative estimate of drug-likeness (QED) is 0.551. The Balaban J connectivity index is 1.87. The summed E-state index contributed by atoms with van der Waals surface area (Å²) in [5.41, 5.74) is 2.61. The summed E-state index contributed by atoms with van der Waals surface area (Å²) in [5, 5.41) is 2.83. The van der Waals surface area contributed by atoms with E-state index in [9.17, 15) is 13.2 Å². The number of nitrogens with one attached hydrogen (secondary N) is 1. The molecule has 0 fully saturated rings. The molecule has 0 radical (unpaired) electrons. The summed E-state index contributed by atoms with van der Waals surface area (Å²) in [7, 11) is -3.57. The maximum absolute atomic E-state index is 12.4. The molecular weight excluding hydrogens is 400 g/mol. The van der Waals surface area contributed by atoms with E-state index < -0.39 is 10.0 Å². The monoisotopic (exact) mass is 432 g/mol. The molecule has 0 aliphatic carbocycles. The molecule has 0 spiro atoms. The molecule has 0 unspecified atom stereocenters. The van der Waals surface area contributed by atoms with Crippen molar-refractivity contribution in [1.29, 1.82) is 0 Å². The lowest BCUT2D eigenvalue weighted by Crippen LogP contribution is -2.41. The molecule has 7 heteroatoms. The first-order chi connectivity index (χ1) is 14.2. The Morgan fingerprint density at radius 2 is 1.77 bits per heavy atom. The zero-order chi connectivity index (χ0) is 22.1. The van der Waals surface area contributed by atoms with E-state index in [-0.39, 0.29) is 18.6 Å². The number of carbonyl (C=O) groups is 1. The Labute approximate surface area is 180 Å². The minimum atomic E-state index is -3.57. The summed E-state index contributed by atoms with van der Waals surface area (Å²) in [4.78, 5) is 12.4. The summed E-state index contributed by atoms with van der Waals surface area (Å²) in [6.45, 7) is 6.19. The number of amides is 1. The van der Waals surface area contributed by atoms with E-state index in [2.05, 4.69) is 5.32 Å². The molecule has 0 saturated carbocycles. The van der Waals surface area contributed by atoms with Crippen molar-refractivity contribution < 1.29 is 17.9 Å². The lowest BCUT2D eigenvalue weighted by Gasteiger charge is -2.24. The van der Waals surface area contributed by atoms with Gasteiger partial charge in [-0.3, -0.25) is 9.10 Å². The molecule has 164 valence electrons. The van der Waals surface area contributed by atoms with Crippen molar-refractivity contribution in [3.8, 4) is 5.75 Å². The topological polar surface area (TPSA) is 75.7 Å². The molecule has 0 heterocycles. The predicted molar refractivity (Wildman–Crippen MR) is 122 cm³/mol. The van der Waals surface area contributed by atoms with Crippen LogP contribution >= 0.6 is 0 Å². The number of aryl methyl sites for hydroxylation is 2. The number of hydrogen-bond acceptors (Lipinski definition) is 4. The second kappa shape index (κ2) is 11.0. The number of hydrogen-bond donors (Lipinski definition) is 1. The Morgan fingerprint density at radius 3 is 2.37 bits per heavy atom. The van der Waals surface area contributed by atoms with Crippen molar-refractivity contribution in [1.82, 2.24) is 5.32 Å². The van der Waals surface area contributed by atoms with E-state index in [1.807, 2.05) is 57.2 Å². The molecule has 30 heavy (non-hydrogen) atoms. The Bertz CT molecular complexity index is 924. The minimum absolute atomic E-state index is 0.141. The highest BCUT2D eigenvalue weighted by molar-refractivity contribution is 7.92. The van der Waals surface area contributed by atoms with E-state index in [0.29, 0.717) is 18.7 Å².